The number of carbonyl (C=O) groups is 2. The monoisotopic (exact) mass is 392 g/mol. The van der Waals surface area contributed by atoms with Crippen LogP contribution in [0.1, 0.15) is 39.0 Å². The minimum Gasteiger partial charge on any atom is -0.505 e. The normalized spacial score (nSPS) is 10.2. The van der Waals surface area contributed by atoms with Gasteiger partial charge in [-0.05, 0) is 47.2 Å². The molecule has 0 atom stereocenters. The first kappa shape index (κ1) is 19.5. The number of aromatic hydroxyl groups is 1. The lowest BCUT2D eigenvalue weighted by Crippen LogP contribution is -2.20. The van der Waals surface area contributed by atoms with Crippen molar-refractivity contribution in [1.29, 1.82) is 5.26 Å². The summed E-state index contributed by atoms with van der Waals surface area (Å²) in [6, 6.07) is 11.6. The molecule has 2 N–H and O–H groups in total. The molecule has 0 fully saturated rings. The number of benzene rings is 2. The van der Waals surface area contributed by atoms with Crippen molar-refractivity contribution in [1.82, 2.24) is 20.2 Å². The van der Waals surface area contributed by atoms with Gasteiger partial charge in [-0.1, -0.05) is 12.1 Å². The first-order valence-corrected chi connectivity index (χ1v) is 8.41. The predicted octanol–water partition coefficient (Wildman–Crippen LogP) is 1.76. The number of nitriles is 1. The van der Waals surface area contributed by atoms with E-state index in [9.17, 15) is 14.7 Å². The van der Waals surface area contributed by atoms with E-state index in [0.717, 1.165) is 5.56 Å². The van der Waals surface area contributed by atoms with Gasteiger partial charge in [0.1, 0.15) is 11.5 Å². The lowest BCUT2D eigenvalue weighted by atomic mass is 10.1. The van der Waals surface area contributed by atoms with Crippen LogP contribution in [0.15, 0.2) is 36.4 Å². The molecule has 0 bridgehead atoms. The van der Waals surface area contributed by atoms with Gasteiger partial charge in [-0.15, -0.1) is 5.10 Å². The molecule has 1 amide bonds. The largest absolute Gasteiger partial charge is 0.505 e. The van der Waals surface area contributed by atoms with Crippen molar-refractivity contribution in [3.8, 4) is 17.6 Å². The standard InChI is InChI=1S/C19H16N6O4/c1-11(26)15-7-13(9-20)8-16(17(15)27)21-19(28)18-22-23-24-25(18)10-12-3-5-14(29-2)6-4-12/h3-8,27H,10H2,1-2H3,(H,21,28). The van der Waals surface area contributed by atoms with Crippen molar-refractivity contribution in [2.75, 3.05) is 12.4 Å². The predicted molar refractivity (Wildman–Crippen MR) is 101 cm³/mol. The quantitative estimate of drug-likeness (QED) is 0.477. The summed E-state index contributed by atoms with van der Waals surface area (Å²) in [5.74, 6) is -0.994. The van der Waals surface area contributed by atoms with Gasteiger partial charge < -0.3 is 15.2 Å². The van der Waals surface area contributed by atoms with E-state index in [-0.39, 0.29) is 29.2 Å². The lowest BCUT2D eigenvalue weighted by Gasteiger charge is -2.11. The number of hydrogen-bond donors (Lipinski definition) is 2. The van der Waals surface area contributed by atoms with Crippen LogP contribution in [-0.4, -0.2) is 44.1 Å². The van der Waals surface area contributed by atoms with Crippen LogP contribution in [0.3, 0.4) is 0 Å². The van der Waals surface area contributed by atoms with Crippen molar-refractivity contribution in [3.05, 3.63) is 58.9 Å². The summed E-state index contributed by atoms with van der Waals surface area (Å²) in [6.45, 7) is 1.47. The molecule has 1 heterocycles. The number of hydrogen-bond acceptors (Lipinski definition) is 8. The second-order valence-electron chi connectivity index (χ2n) is 6.05. The van der Waals surface area contributed by atoms with E-state index in [4.69, 9.17) is 10.00 Å². The molecule has 0 saturated heterocycles. The van der Waals surface area contributed by atoms with Crippen LogP contribution in [0.4, 0.5) is 5.69 Å². The third-order valence-electron chi connectivity index (χ3n) is 4.09. The molecule has 3 rings (SSSR count). The van der Waals surface area contributed by atoms with E-state index >= 15 is 0 Å². The summed E-state index contributed by atoms with van der Waals surface area (Å²) in [5, 5.41) is 32.9. The minimum atomic E-state index is -0.705. The van der Waals surface area contributed by atoms with Gasteiger partial charge in [0.15, 0.2) is 5.78 Å². The molecular weight excluding hydrogens is 376 g/mol. The lowest BCUT2D eigenvalue weighted by molar-refractivity contribution is 0.0997. The van der Waals surface area contributed by atoms with E-state index < -0.39 is 17.4 Å². The summed E-state index contributed by atoms with van der Waals surface area (Å²) in [6.07, 6.45) is 0. The van der Waals surface area contributed by atoms with Crippen LogP contribution in [0, 0.1) is 11.3 Å². The number of amides is 1. The fourth-order valence-corrected chi connectivity index (χ4v) is 2.62. The van der Waals surface area contributed by atoms with Crippen molar-refractivity contribution in [2.24, 2.45) is 0 Å². The van der Waals surface area contributed by atoms with E-state index in [1.54, 1.807) is 19.2 Å². The number of phenols is 1. The molecule has 146 valence electrons. The van der Waals surface area contributed by atoms with Gasteiger partial charge in [0.05, 0.1) is 36.5 Å². The van der Waals surface area contributed by atoms with Crippen molar-refractivity contribution in [3.63, 3.8) is 0 Å². The zero-order valence-electron chi connectivity index (χ0n) is 15.6. The number of carbonyl (C=O) groups excluding carboxylic acids is 2. The molecule has 0 spiro atoms. The Morgan fingerprint density at radius 2 is 2.00 bits per heavy atom. The fraction of sp³-hybridized carbons (Fsp3) is 0.158. The third-order valence-corrected chi connectivity index (χ3v) is 4.09. The molecule has 10 heteroatoms. The van der Waals surface area contributed by atoms with Gasteiger partial charge in [-0.3, -0.25) is 9.59 Å². The number of nitrogens with one attached hydrogen (secondary N) is 1. The van der Waals surface area contributed by atoms with E-state index in [1.165, 1.54) is 23.7 Å². The number of Topliss-reactive ketones (excluding diaryl/α,β-unsaturated/α-hetero) is 1. The highest BCUT2D eigenvalue weighted by Crippen LogP contribution is 2.30. The van der Waals surface area contributed by atoms with Gasteiger partial charge in [0, 0.05) is 0 Å². The van der Waals surface area contributed by atoms with Crippen molar-refractivity contribution < 1.29 is 19.4 Å². The van der Waals surface area contributed by atoms with Gasteiger partial charge in [0.2, 0.25) is 5.82 Å². The summed E-state index contributed by atoms with van der Waals surface area (Å²) >= 11 is 0. The first-order chi connectivity index (χ1) is 13.9. The number of anilines is 1. The van der Waals surface area contributed by atoms with Crippen LogP contribution in [0.2, 0.25) is 0 Å². The number of tetrazole rings is 1. The number of methoxy groups -OCH3 is 1. The van der Waals surface area contributed by atoms with Crippen LogP contribution in [-0.2, 0) is 6.54 Å². The molecule has 3 aromatic rings. The molecule has 2 aromatic carbocycles. The Morgan fingerprint density at radius 1 is 1.28 bits per heavy atom. The summed E-state index contributed by atoms with van der Waals surface area (Å²) in [4.78, 5) is 24.3. The molecule has 0 radical (unpaired) electrons. The molecule has 0 aliphatic heterocycles. The van der Waals surface area contributed by atoms with Crippen LogP contribution in [0.25, 0.3) is 0 Å². The Bertz CT molecular complexity index is 1110. The second-order valence-corrected chi connectivity index (χ2v) is 6.05. The summed E-state index contributed by atoms with van der Waals surface area (Å²) < 4.78 is 6.39. The zero-order chi connectivity index (χ0) is 21.0. The Kier molecular flexibility index (Phi) is 5.50. The topological polar surface area (TPSA) is 143 Å². The highest BCUT2D eigenvalue weighted by molar-refractivity contribution is 6.05. The first-order valence-electron chi connectivity index (χ1n) is 8.41. The van der Waals surface area contributed by atoms with Crippen molar-refractivity contribution in [2.45, 2.75) is 13.5 Å². The van der Waals surface area contributed by atoms with Crippen LogP contribution < -0.4 is 10.1 Å². The summed E-state index contributed by atoms with van der Waals surface area (Å²) in [5.41, 5.74) is 0.789. The summed E-state index contributed by atoms with van der Waals surface area (Å²) in [7, 11) is 1.56. The second kappa shape index (κ2) is 8.18. The maximum atomic E-state index is 12.6. The molecular formula is C19H16N6O4. The average Bonchev–Trinajstić information content (AvgIpc) is 3.18. The fourth-order valence-electron chi connectivity index (χ4n) is 2.62. The van der Waals surface area contributed by atoms with Gasteiger partial charge in [-0.2, -0.15) is 5.26 Å². The number of phenolic OH excluding ortho intramolecular Hbond substituents is 1. The van der Waals surface area contributed by atoms with Gasteiger partial charge in [0.25, 0.3) is 5.91 Å². The van der Waals surface area contributed by atoms with E-state index in [2.05, 4.69) is 20.8 Å². The van der Waals surface area contributed by atoms with Gasteiger partial charge in [-0.25, -0.2) is 4.68 Å². The molecule has 0 aliphatic rings. The molecule has 0 saturated carbocycles. The average molecular weight is 392 g/mol. The number of nitrogens with zero attached hydrogens (tertiary/aromatic N) is 5. The SMILES string of the molecule is COc1ccc(Cn2nnnc2C(=O)Nc2cc(C#N)cc(C(C)=O)c2O)cc1. The number of aromatic nitrogens is 4. The third kappa shape index (κ3) is 4.19. The Labute approximate surface area is 165 Å². The highest BCUT2D eigenvalue weighted by atomic mass is 16.5. The molecule has 10 nitrogen and oxygen atoms in total. The van der Waals surface area contributed by atoms with Crippen LogP contribution in [0.5, 0.6) is 11.5 Å². The molecule has 1 aromatic heterocycles. The Hall–Kier alpha value is -4.26. The Balaban J connectivity index is 1.86. The number of ketones is 1. The molecule has 0 unspecified atom stereocenters. The van der Waals surface area contributed by atoms with E-state index in [1.807, 2.05) is 18.2 Å². The smallest absolute Gasteiger partial charge is 0.295 e. The Morgan fingerprint density at radius 3 is 2.62 bits per heavy atom. The number of rotatable bonds is 6. The van der Waals surface area contributed by atoms with Crippen molar-refractivity contribution >= 4 is 17.4 Å². The molecule has 0 aliphatic carbocycles. The maximum Gasteiger partial charge on any atom is 0.295 e. The molecule has 29 heavy (non-hydrogen) atoms. The van der Waals surface area contributed by atoms with Crippen LogP contribution >= 0.6 is 0 Å². The van der Waals surface area contributed by atoms with E-state index in [0.29, 0.717) is 5.75 Å². The zero-order valence-corrected chi connectivity index (χ0v) is 15.6. The number of ether oxygens (including phenoxy) is 1. The van der Waals surface area contributed by atoms with Gasteiger partial charge >= 0.3 is 0 Å². The minimum absolute atomic E-state index is 0.0721. The highest BCUT2D eigenvalue weighted by Gasteiger charge is 2.20. The maximum absolute atomic E-state index is 12.6.